The van der Waals surface area contributed by atoms with Crippen LogP contribution in [0.2, 0.25) is 0 Å². The first-order valence-electron chi connectivity index (χ1n) is 6.41. The van der Waals surface area contributed by atoms with Gasteiger partial charge in [-0.15, -0.1) is 0 Å². The Morgan fingerprint density at radius 1 is 1.35 bits per heavy atom. The molecule has 2 unspecified atom stereocenters. The highest BCUT2D eigenvalue weighted by atomic mass is 16.5. The molecule has 2 fully saturated rings. The summed E-state index contributed by atoms with van der Waals surface area (Å²) in [6, 6.07) is 0.897. The van der Waals surface area contributed by atoms with Crippen LogP contribution < -0.4 is 5.32 Å². The molecule has 2 aliphatic heterocycles. The second-order valence-electron chi connectivity index (χ2n) is 4.75. The van der Waals surface area contributed by atoms with Crippen LogP contribution in [0.25, 0.3) is 0 Å². The van der Waals surface area contributed by atoms with Gasteiger partial charge in [-0.3, -0.25) is 9.69 Å². The molecule has 0 aromatic rings. The van der Waals surface area contributed by atoms with E-state index in [1.807, 2.05) is 0 Å². The van der Waals surface area contributed by atoms with Gasteiger partial charge in [0.25, 0.3) is 0 Å². The van der Waals surface area contributed by atoms with Gasteiger partial charge in [-0.1, -0.05) is 0 Å². The van der Waals surface area contributed by atoms with Crippen molar-refractivity contribution in [3.05, 3.63) is 0 Å². The van der Waals surface area contributed by atoms with E-state index in [0.29, 0.717) is 25.3 Å². The molecule has 0 aromatic heterocycles. The van der Waals surface area contributed by atoms with Crippen molar-refractivity contribution in [2.24, 2.45) is 0 Å². The zero-order valence-electron chi connectivity index (χ0n) is 10.5. The molecule has 0 spiro atoms. The number of carbonyl (C=O) groups is 1. The lowest BCUT2D eigenvalue weighted by Crippen LogP contribution is -2.43. The lowest BCUT2D eigenvalue weighted by Gasteiger charge is -2.21. The van der Waals surface area contributed by atoms with E-state index in [-0.39, 0.29) is 12.5 Å². The maximum atomic E-state index is 11.7. The van der Waals surface area contributed by atoms with Crippen LogP contribution in [-0.2, 0) is 14.3 Å². The number of methoxy groups -OCH3 is 1. The van der Waals surface area contributed by atoms with Crippen LogP contribution >= 0.6 is 0 Å². The van der Waals surface area contributed by atoms with Crippen molar-refractivity contribution in [1.29, 1.82) is 0 Å². The third-order valence-electron chi connectivity index (χ3n) is 3.62. The van der Waals surface area contributed by atoms with Crippen LogP contribution in [0.1, 0.15) is 19.3 Å². The summed E-state index contributed by atoms with van der Waals surface area (Å²) in [7, 11) is 1.62. The highest BCUT2D eigenvalue weighted by Gasteiger charge is 2.37. The van der Waals surface area contributed by atoms with Crippen molar-refractivity contribution >= 4 is 5.91 Å². The van der Waals surface area contributed by atoms with Gasteiger partial charge in [0.1, 0.15) is 6.61 Å². The van der Waals surface area contributed by atoms with E-state index in [1.165, 1.54) is 19.4 Å². The Hall–Kier alpha value is -0.650. The number of ether oxygens (including phenoxy) is 2. The maximum Gasteiger partial charge on any atom is 0.246 e. The fourth-order valence-corrected chi connectivity index (χ4v) is 2.81. The lowest BCUT2D eigenvalue weighted by molar-refractivity contribution is -0.127. The summed E-state index contributed by atoms with van der Waals surface area (Å²) in [5, 5.41) is 3.08. The first kappa shape index (κ1) is 12.8. The van der Waals surface area contributed by atoms with Gasteiger partial charge in [0.15, 0.2) is 0 Å². The van der Waals surface area contributed by atoms with Crippen LogP contribution in [-0.4, -0.2) is 62.9 Å². The van der Waals surface area contributed by atoms with E-state index >= 15 is 0 Å². The van der Waals surface area contributed by atoms with Gasteiger partial charge in [-0.25, -0.2) is 0 Å². The molecule has 98 valence electrons. The molecule has 0 radical (unpaired) electrons. The number of nitrogens with one attached hydrogen (secondary N) is 1. The smallest absolute Gasteiger partial charge is 0.246 e. The predicted octanol–water partition coefficient (Wildman–Crippen LogP) is 0.00230. The molecular weight excluding hydrogens is 220 g/mol. The van der Waals surface area contributed by atoms with Gasteiger partial charge in [0, 0.05) is 25.7 Å². The highest BCUT2D eigenvalue weighted by Crippen LogP contribution is 2.27. The molecule has 5 nitrogen and oxygen atoms in total. The topological polar surface area (TPSA) is 50.8 Å². The number of hydrogen-bond acceptors (Lipinski definition) is 4. The Balaban J connectivity index is 1.65. The minimum atomic E-state index is -0.000136. The summed E-state index contributed by atoms with van der Waals surface area (Å²) in [5.41, 5.74) is 0. The first-order valence-corrected chi connectivity index (χ1v) is 6.41. The zero-order chi connectivity index (χ0) is 12.1. The van der Waals surface area contributed by atoms with Crippen molar-refractivity contribution in [3.63, 3.8) is 0 Å². The Kier molecular flexibility index (Phi) is 4.76. The normalized spacial score (nSPS) is 28.3. The van der Waals surface area contributed by atoms with Crippen molar-refractivity contribution in [3.8, 4) is 0 Å². The average molecular weight is 242 g/mol. The molecule has 2 rings (SSSR count). The van der Waals surface area contributed by atoms with Crippen molar-refractivity contribution in [2.45, 2.75) is 31.3 Å². The van der Waals surface area contributed by atoms with E-state index in [1.54, 1.807) is 7.11 Å². The molecule has 2 heterocycles. The summed E-state index contributed by atoms with van der Waals surface area (Å²) < 4.78 is 10.1. The Morgan fingerprint density at radius 2 is 2.24 bits per heavy atom. The molecule has 2 atom stereocenters. The summed E-state index contributed by atoms with van der Waals surface area (Å²) in [6.07, 6.45) is 3.56. The van der Waals surface area contributed by atoms with Gasteiger partial charge in [-0.2, -0.15) is 0 Å². The number of rotatable bonds is 6. The van der Waals surface area contributed by atoms with Crippen LogP contribution in [0.3, 0.4) is 0 Å². The molecule has 1 amide bonds. The third kappa shape index (κ3) is 3.40. The first-order chi connectivity index (χ1) is 8.31. The Labute approximate surface area is 102 Å². The van der Waals surface area contributed by atoms with Gasteiger partial charge in [0.2, 0.25) is 5.91 Å². The molecule has 1 N–H and O–H groups in total. The molecular formula is C12H22N2O3. The third-order valence-corrected chi connectivity index (χ3v) is 3.62. The van der Waals surface area contributed by atoms with Crippen LogP contribution in [0.4, 0.5) is 0 Å². The van der Waals surface area contributed by atoms with Crippen LogP contribution in [0.15, 0.2) is 0 Å². The van der Waals surface area contributed by atoms with E-state index in [2.05, 4.69) is 10.2 Å². The molecule has 2 aliphatic rings. The number of hydrogen-bond donors (Lipinski definition) is 1. The number of fused-ring (bicyclic) bond motifs is 1. The van der Waals surface area contributed by atoms with Crippen molar-refractivity contribution in [1.82, 2.24) is 10.2 Å². The highest BCUT2D eigenvalue weighted by molar-refractivity contribution is 5.77. The van der Waals surface area contributed by atoms with E-state index in [9.17, 15) is 4.79 Å². The molecule has 0 saturated carbocycles. The van der Waals surface area contributed by atoms with Crippen molar-refractivity contribution < 1.29 is 14.3 Å². The van der Waals surface area contributed by atoms with E-state index in [4.69, 9.17) is 9.47 Å². The Morgan fingerprint density at radius 3 is 3.06 bits per heavy atom. The van der Waals surface area contributed by atoms with E-state index in [0.717, 1.165) is 13.0 Å². The van der Waals surface area contributed by atoms with Crippen molar-refractivity contribution in [2.75, 3.05) is 40.0 Å². The standard InChI is InChI=1S/C12H22N2O3/c1-16-7-8-17-9-12(15)13-10-4-6-14-5-2-3-11(10)14/h10-11H,2-9H2,1H3,(H,13,15). The molecule has 2 saturated heterocycles. The van der Waals surface area contributed by atoms with E-state index < -0.39 is 0 Å². The number of nitrogens with zero attached hydrogens (tertiary/aromatic N) is 1. The Bertz CT molecular complexity index is 260. The van der Waals surface area contributed by atoms with Gasteiger partial charge in [0.05, 0.1) is 13.2 Å². The monoisotopic (exact) mass is 242 g/mol. The molecule has 0 bridgehead atoms. The summed E-state index contributed by atoms with van der Waals surface area (Å²) in [6.45, 7) is 3.48. The average Bonchev–Trinajstić information content (AvgIpc) is 2.89. The quantitative estimate of drug-likeness (QED) is 0.666. The summed E-state index contributed by atoms with van der Waals surface area (Å²) in [5.74, 6) is -0.000136. The molecule has 0 aromatic carbocycles. The maximum absolute atomic E-state index is 11.7. The summed E-state index contributed by atoms with van der Waals surface area (Å²) >= 11 is 0. The largest absolute Gasteiger partial charge is 0.382 e. The minimum Gasteiger partial charge on any atom is -0.382 e. The molecule has 17 heavy (non-hydrogen) atoms. The van der Waals surface area contributed by atoms with Gasteiger partial charge >= 0.3 is 0 Å². The fraction of sp³-hybridized carbons (Fsp3) is 0.917. The van der Waals surface area contributed by atoms with Gasteiger partial charge in [-0.05, 0) is 25.8 Å². The summed E-state index contributed by atoms with van der Waals surface area (Å²) in [4.78, 5) is 14.1. The van der Waals surface area contributed by atoms with Crippen LogP contribution in [0.5, 0.6) is 0 Å². The fourth-order valence-electron chi connectivity index (χ4n) is 2.81. The second kappa shape index (κ2) is 6.33. The number of amides is 1. The van der Waals surface area contributed by atoms with Gasteiger partial charge < -0.3 is 14.8 Å². The second-order valence-corrected chi connectivity index (χ2v) is 4.75. The molecule has 0 aliphatic carbocycles. The lowest BCUT2D eigenvalue weighted by atomic mass is 10.1. The predicted molar refractivity (Wildman–Crippen MR) is 63.8 cm³/mol. The minimum absolute atomic E-state index is 0.000136. The van der Waals surface area contributed by atoms with Crippen LogP contribution in [0, 0.1) is 0 Å². The zero-order valence-corrected chi connectivity index (χ0v) is 10.5. The molecule has 5 heteroatoms. The number of carbonyl (C=O) groups excluding carboxylic acids is 1. The SMILES string of the molecule is COCCOCC(=O)NC1CCN2CCCC12.